The van der Waals surface area contributed by atoms with Crippen molar-refractivity contribution in [2.75, 3.05) is 13.1 Å². The van der Waals surface area contributed by atoms with E-state index in [2.05, 4.69) is 0 Å². The summed E-state index contributed by atoms with van der Waals surface area (Å²) in [5.41, 5.74) is 5.88. The lowest BCUT2D eigenvalue weighted by Crippen LogP contribution is -2.32. The van der Waals surface area contributed by atoms with Crippen molar-refractivity contribution in [3.05, 3.63) is 15.8 Å². The predicted octanol–water partition coefficient (Wildman–Crippen LogP) is 1.33. The highest BCUT2D eigenvalue weighted by Gasteiger charge is 2.36. The van der Waals surface area contributed by atoms with E-state index >= 15 is 0 Å². The molecule has 0 amide bonds. The van der Waals surface area contributed by atoms with E-state index < -0.39 is 10.0 Å². The smallest absolute Gasteiger partial charge is 0.244 e. The number of hydrogen-bond acceptors (Lipinski definition) is 4. The molecule has 1 saturated heterocycles. The van der Waals surface area contributed by atoms with Gasteiger partial charge in [0.1, 0.15) is 0 Å². The molecule has 2 rings (SSSR count). The van der Waals surface area contributed by atoms with E-state index in [1.54, 1.807) is 6.07 Å². The van der Waals surface area contributed by atoms with Crippen LogP contribution >= 0.6 is 11.3 Å². The first kappa shape index (κ1) is 13.0. The van der Waals surface area contributed by atoms with E-state index in [-0.39, 0.29) is 12.0 Å². The standard InChI is InChI=1S/C11H18N2O2S2/c1-7-5-13(6-10(7)12)17(14,15)11-4-8(2)16-9(11)3/h4,7,10H,5-6,12H2,1-3H3. The third-order valence-electron chi connectivity index (χ3n) is 3.25. The zero-order valence-corrected chi connectivity index (χ0v) is 11.9. The molecule has 0 aliphatic carbocycles. The van der Waals surface area contributed by atoms with Gasteiger partial charge >= 0.3 is 0 Å². The predicted molar refractivity (Wildman–Crippen MR) is 69.7 cm³/mol. The maximum absolute atomic E-state index is 12.4. The van der Waals surface area contributed by atoms with Crippen molar-refractivity contribution >= 4 is 21.4 Å². The molecule has 2 N–H and O–H groups in total. The van der Waals surface area contributed by atoms with Crippen molar-refractivity contribution in [2.24, 2.45) is 11.7 Å². The Hall–Kier alpha value is -0.430. The van der Waals surface area contributed by atoms with Crippen LogP contribution in [0.25, 0.3) is 0 Å². The first-order valence-corrected chi connectivity index (χ1v) is 7.91. The molecule has 4 nitrogen and oxygen atoms in total. The molecule has 96 valence electrons. The van der Waals surface area contributed by atoms with Crippen molar-refractivity contribution in [3.63, 3.8) is 0 Å². The summed E-state index contributed by atoms with van der Waals surface area (Å²) in [6, 6.07) is 1.70. The molecule has 1 aromatic rings. The second-order valence-corrected chi connectivity index (χ2v) is 8.11. The number of aryl methyl sites for hydroxylation is 2. The Balaban J connectivity index is 2.35. The fourth-order valence-corrected chi connectivity index (χ4v) is 5.25. The minimum absolute atomic E-state index is 0.0511. The SMILES string of the molecule is Cc1cc(S(=O)(=O)N2CC(C)C(N)C2)c(C)s1. The first-order valence-electron chi connectivity index (χ1n) is 5.65. The summed E-state index contributed by atoms with van der Waals surface area (Å²) in [5.74, 6) is 0.227. The van der Waals surface area contributed by atoms with E-state index in [9.17, 15) is 8.42 Å². The Morgan fingerprint density at radius 3 is 2.47 bits per heavy atom. The zero-order chi connectivity index (χ0) is 12.8. The van der Waals surface area contributed by atoms with Gasteiger partial charge in [-0.15, -0.1) is 11.3 Å². The molecule has 1 aliphatic rings. The second kappa shape index (κ2) is 4.35. The average Bonchev–Trinajstić information content (AvgIpc) is 2.72. The fraction of sp³-hybridized carbons (Fsp3) is 0.636. The lowest BCUT2D eigenvalue weighted by molar-refractivity contribution is 0.464. The molecule has 1 fully saturated rings. The fourth-order valence-electron chi connectivity index (χ4n) is 2.15. The molecule has 6 heteroatoms. The summed E-state index contributed by atoms with van der Waals surface area (Å²) in [7, 11) is -3.35. The third kappa shape index (κ3) is 2.27. The Morgan fingerprint density at radius 2 is 2.06 bits per heavy atom. The molecule has 0 spiro atoms. The van der Waals surface area contributed by atoms with Crippen molar-refractivity contribution in [1.82, 2.24) is 4.31 Å². The molecule has 2 heterocycles. The van der Waals surface area contributed by atoms with E-state index in [0.717, 1.165) is 9.75 Å². The van der Waals surface area contributed by atoms with Gasteiger partial charge < -0.3 is 5.73 Å². The van der Waals surface area contributed by atoms with Gasteiger partial charge in [0, 0.05) is 28.9 Å². The minimum atomic E-state index is -3.35. The molecule has 0 aromatic carbocycles. The molecular formula is C11H18N2O2S2. The van der Waals surface area contributed by atoms with Crippen LogP contribution < -0.4 is 5.73 Å². The van der Waals surface area contributed by atoms with Crippen LogP contribution in [0.4, 0.5) is 0 Å². The molecule has 1 aromatic heterocycles. The summed E-state index contributed by atoms with van der Waals surface area (Å²) >= 11 is 1.52. The number of nitrogens with zero attached hydrogens (tertiary/aromatic N) is 1. The van der Waals surface area contributed by atoms with Gasteiger partial charge in [0.25, 0.3) is 0 Å². The molecule has 17 heavy (non-hydrogen) atoms. The Morgan fingerprint density at radius 1 is 1.41 bits per heavy atom. The lowest BCUT2D eigenvalue weighted by atomic mass is 10.1. The van der Waals surface area contributed by atoms with Crippen LogP contribution in [0.5, 0.6) is 0 Å². The van der Waals surface area contributed by atoms with Gasteiger partial charge in [-0.1, -0.05) is 6.92 Å². The van der Waals surface area contributed by atoms with Crippen molar-refractivity contribution < 1.29 is 8.42 Å². The highest BCUT2D eigenvalue weighted by atomic mass is 32.2. The zero-order valence-electron chi connectivity index (χ0n) is 10.3. The molecule has 0 bridgehead atoms. The Kier molecular flexibility index (Phi) is 3.33. The molecule has 0 saturated carbocycles. The molecule has 0 radical (unpaired) electrons. The maximum Gasteiger partial charge on any atom is 0.244 e. The van der Waals surface area contributed by atoms with Crippen molar-refractivity contribution in [1.29, 1.82) is 0 Å². The summed E-state index contributed by atoms with van der Waals surface area (Å²) < 4.78 is 26.4. The van der Waals surface area contributed by atoms with E-state index in [1.165, 1.54) is 15.6 Å². The number of hydrogen-bond donors (Lipinski definition) is 1. The van der Waals surface area contributed by atoms with E-state index in [0.29, 0.717) is 18.0 Å². The van der Waals surface area contributed by atoms with Gasteiger partial charge in [0.15, 0.2) is 0 Å². The second-order valence-electron chi connectivity index (χ2n) is 4.74. The maximum atomic E-state index is 12.4. The van der Waals surface area contributed by atoms with Crippen LogP contribution in [0, 0.1) is 19.8 Å². The minimum Gasteiger partial charge on any atom is -0.326 e. The monoisotopic (exact) mass is 274 g/mol. The average molecular weight is 274 g/mol. The topological polar surface area (TPSA) is 63.4 Å². The lowest BCUT2D eigenvalue weighted by Gasteiger charge is -2.15. The largest absolute Gasteiger partial charge is 0.326 e. The molecule has 2 unspecified atom stereocenters. The summed E-state index contributed by atoms with van der Waals surface area (Å²) in [6.07, 6.45) is 0. The van der Waals surface area contributed by atoms with Gasteiger partial charge in [0.2, 0.25) is 10.0 Å². The number of thiophene rings is 1. The van der Waals surface area contributed by atoms with Crippen LogP contribution in [-0.2, 0) is 10.0 Å². The van der Waals surface area contributed by atoms with Gasteiger partial charge in [-0.3, -0.25) is 0 Å². The molecule has 2 atom stereocenters. The van der Waals surface area contributed by atoms with Crippen LogP contribution in [0.2, 0.25) is 0 Å². The van der Waals surface area contributed by atoms with Crippen LogP contribution in [0.1, 0.15) is 16.7 Å². The normalized spacial score (nSPS) is 26.6. The Labute approximate surface area is 106 Å². The highest BCUT2D eigenvalue weighted by molar-refractivity contribution is 7.89. The number of sulfonamides is 1. The van der Waals surface area contributed by atoms with Gasteiger partial charge in [-0.25, -0.2) is 8.42 Å². The van der Waals surface area contributed by atoms with Crippen molar-refractivity contribution in [2.45, 2.75) is 31.7 Å². The quantitative estimate of drug-likeness (QED) is 0.885. The summed E-state index contributed by atoms with van der Waals surface area (Å²) in [6.45, 7) is 6.72. The first-order chi connectivity index (χ1) is 7.82. The van der Waals surface area contributed by atoms with Crippen LogP contribution in [0.15, 0.2) is 11.0 Å². The number of rotatable bonds is 2. The van der Waals surface area contributed by atoms with Crippen molar-refractivity contribution in [3.8, 4) is 0 Å². The summed E-state index contributed by atoms with van der Waals surface area (Å²) in [4.78, 5) is 2.33. The molecular weight excluding hydrogens is 256 g/mol. The van der Waals surface area contributed by atoms with Gasteiger partial charge in [-0.2, -0.15) is 4.31 Å². The van der Waals surface area contributed by atoms with Gasteiger partial charge in [-0.05, 0) is 25.8 Å². The van der Waals surface area contributed by atoms with Crippen LogP contribution in [0.3, 0.4) is 0 Å². The van der Waals surface area contributed by atoms with Gasteiger partial charge in [0.05, 0.1) is 4.90 Å². The van der Waals surface area contributed by atoms with E-state index in [4.69, 9.17) is 5.73 Å². The van der Waals surface area contributed by atoms with E-state index in [1.807, 2.05) is 20.8 Å². The highest BCUT2D eigenvalue weighted by Crippen LogP contribution is 2.30. The molecule has 1 aliphatic heterocycles. The Bertz CT molecular complexity index is 512. The van der Waals surface area contributed by atoms with Crippen LogP contribution in [-0.4, -0.2) is 31.9 Å². The number of nitrogens with two attached hydrogens (primary N) is 1. The third-order valence-corrected chi connectivity index (χ3v) is 6.30. The summed E-state index contributed by atoms with van der Waals surface area (Å²) in [5, 5.41) is 0.